The largest absolute Gasteiger partial charge is 0.507 e. The SMILES string of the molecule is C=C(C)Cc1c(O)c(C)c(C)c(O)c1C=C[C@](C)(O)CCC[C@H](C)CCC[C@H](C)CCCC(C)C. The summed E-state index contributed by atoms with van der Waals surface area (Å²) in [6, 6.07) is 0. The number of benzene rings is 1. The number of phenols is 2. The summed E-state index contributed by atoms with van der Waals surface area (Å²) in [5, 5.41) is 32.4. The summed E-state index contributed by atoms with van der Waals surface area (Å²) in [6.07, 6.45) is 14.7. The van der Waals surface area contributed by atoms with Crippen molar-refractivity contribution in [2.24, 2.45) is 17.8 Å². The van der Waals surface area contributed by atoms with Gasteiger partial charge in [-0.15, -0.1) is 0 Å². The first kappa shape index (κ1) is 31.3. The molecule has 0 aliphatic carbocycles. The van der Waals surface area contributed by atoms with Gasteiger partial charge in [0.1, 0.15) is 11.5 Å². The molecule has 0 fully saturated rings. The highest BCUT2D eigenvalue weighted by Crippen LogP contribution is 2.39. The zero-order valence-electron chi connectivity index (χ0n) is 24.0. The van der Waals surface area contributed by atoms with Crippen LogP contribution in [0.5, 0.6) is 11.5 Å². The monoisotopic (exact) mass is 486 g/mol. The fraction of sp³-hybridized carbons (Fsp3) is 0.688. The lowest BCUT2D eigenvalue weighted by Crippen LogP contribution is -2.20. The second-order valence-corrected chi connectivity index (χ2v) is 12.0. The van der Waals surface area contributed by atoms with Crippen LogP contribution in [0.25, 0.3) is 6.08 Å². The van der Waals surface area contributed by atoms with Gasteiger partial charge in [0.05, 0.1) is 5.60 Å². The Labute approximate surface area is 216 Å². The van der Waals surface area contributed by atoms with E-state index in [0.717, 1.165) is 30.3 Å². The van der Waals surface area contributed by atoms with Crippen LogP contribution in [0.1, 0.15) is 122 Å². The molecule has 0 spiro atoms. The second kappa shape index (κ2) is 14.7. The Hall–Kier alpha value is -1.74. The summed E-state index contributed by atoms with van der Waals surface area (Å²) in [5.41, 5.74) is 2.52. The molecule has 0 saturated carbocycles. The third kappa shape index (κ3) is 11.2. The third-order valence-corrected chi connectivity index (χ3v) is 7.48. The first-order valence-corrected chi connectivity index (χ1v) is 13.8. The lowest BCUT2D eigenvalue weighted by atomic mass is 9.89. The molecule has 0 saturated heterocycles. The molecule has 0 aliphatic rings. The Morgan fingerprint density at radius 1 is 0.857 bits per heavy atom. The van der Waals surface area contributed by atoms with E-state index in [4.69, 9.17) is 0 Å². The molecule has 200 valence electrons. The summed E-state index contributed by atoms with van der Waals surface area (Å²) in [5.74, 6) is 2.66. The fourth-order valence-corrected chi connectivity index (χ4v) is 4.85. The Morgan fingerprint density at radius 3 is 1.86 bits per heavy atom. The van der Waals surface area contributed by atoms with E-state index in [1.54, 1.807) is 19.1 Å². The van der Waals surface area contributed by atoms with Crippen molar-refractivity contribution < 1.29 is 15.3 Å². The van der Waals surface area contributed by atoms with E-state index >= 15 is 0 Å². The zero-order valence-corrected chi connectivity index (χ0v) is 24.0. The number of hydrogen-bond acceptors (Lipinski definition) is 3. The normalized spacial score (nSPS) is 15.5. The van der Waals surface area contributed by atoms with Crippen molar-refractivity contribution in [2.75, 3.05) is 0 Å². The quantitative estimate of drug-likeness (QED) is 0.161. The van der Waals surface area contributed by atoms with Gasteiger partial charge in [0.15, 0.2) is 0 Å². The number of aliphatic hydroxyl groups is 1. The van der Waals surface area contributed by atoms with E-state index in [-0.39, 0.29) is 11.5 Å². The number of hydrogen-bond donors (Lipinski definition) is 3. The first-order valence-electron chi connectivity index (χ1n) is 13.8. The molecular weight excluding hydrogens is 432 g/mol. The summed E-state index contributed by atoms with van der Waals surface area (Å²) < 4.78 is 0. The minimum atomic E-state index is -0.966. The molecule has 0 aliphatic heterocycles. The van der Waals surface area contributed by atoms with Gasteiger partial charge in [0.2, 0.25) is 0 Å². The van der Waals surface area contributed by atoms with Crippen LogP contribution in [-0.2, 0) is 6.42 Å². The van der Waals surface area contributed by atoms with Gasteiger partial charge in [0, 0.05) is 11.1 Å². The molecule has 0 bridgehead atoms. The van der Waals surface area contributed by atoms with Crippen LogP contribution in [0.4, 0.5) is 0 Å². The van der Waals surface area contributed by atoms with Gasteiger partial charge in [-0.2, -0.15) is 0 Å². The number of phenolic OH excluding ortho intramolecular Hbond substituents is 2. The molecule has 1 aromatic carbocycles. The van der Waals surface area contributed by atoms with Gasteiger partial charge in [-0.3, -0.25) is 0 Å². The Morgan fingerprint density at radius 2 is 1.34 bits per heavy atom. The van der Waals surface area contributed by atoms with Crippen LogP contribution < -0.4 is 0 Å². The van der Waals surface area contributed by atoms with Crippen LogP contribution >= 0.6 is 0 Å². The Kier molecular flexibility index (Phi) is 13.2. The predicted molar refractivity (Wildman–Crippen MR) is 152 cm³/mol. The Bertz CT molecular complexity index is 832. The van der Waals surface area contributed by atoms with Gasteiger partial charge >= 0.3 is 0 Å². The highest BCUT2D eigenvalue weighted by Gasteiger charge is 2.21. The van der Waals surface area contributed by atoms with Crippen LogP contribution in [0.2, 0.25) is 0 Å². The summed E-state index contributed by atoms with van der Waals surface area (Å²) in [4.78, 5) is 0. The average Bonchev–Trinajstić information content (AvgIpc) is 2.75. The number of allylic oxidation sites excluding steroid dienone is 1. The van der Waals surface area contributed by atoms with E-state index in [1.807, 2.05) is 20.8 Å². The molecule has 0 radical (unpaired) electrons. The molecule has 1 rings (SSSR count). The lowest BCUT2D eigenvalue weighted by molar-refractivity contribution is 0.0979. The number of aromatic hydroxyl groups is 2. The summed E-state index contributed by atoms with van der Waals surface area (Å²) >= 11 is 0. The van der Waals surface area contributed by atoms with Crippen molar-refractivity contribution in [3.05, 3.63) is 40.5 Å². The predicted octanol–water partition coefficient (Wildman–Crippen LogP) is 9.04. The topological polar surface area (TPSA) is 60.7 Å². The highest BCUT2D eigenvalue weighted by molar-refractivity contribution is 5.70. The van der Waals surface area contributed by atoms with Crippen molar-refractivity contribution in [1.29, 1.82) is 0 Å². The molecule has 0 aromatic heterocycles. The van der Waals surface area contributed by atoms with Gasteiger partial charge in [-0.25, -0.2) is 0 Å². The van der Waals surface area contributed by atoms with Crippen molar-refractivity contribution in [2.45, 2.75) is 125 Å². The molecule has 3 atom stereocenters. The maximum absolute atomic E-state index is 11.0. The van der Waals surface area contributed by atoms with Gasteiger partial charge in [-0.05, 0) is 69.4 Å². The molecule has 0 amide bonds. The number of rotatable bonds is 16. The van der Waals surface area contributed by atoms with Crippen molar-refractivity contribution >= 4 is 6.08 Å². The summed E-state index contributed by atoms with van der Waals surface area (Å²) in [7, 11) is 0. The molecule has 3 N–H and O–H groups in total. The van der Waals surface area contributed by atoms with Gasteiger partial charge < -0.3 is 15.3 Å². The van der Waals surface area contributed by atoms with E-state index in [9.17, 15) is 15.3 Å². The van der Waals surface area contributed by atoms with Crippen LogP contribution in [-0.4, -0.2) is 20.9 Å². The van der Waals surface area contributed by atoms with Gasteiger partial charge in [-0.1, -0.05) is 103 Å². The third-order valence-electron chi connectivity index (χ3n) is 7.48. The molecule has 0 unspecified atom stereocenters. The highest BCUT2D eigenvalue weighted by atomic mass is 16.3. The minimum Gasteiger partial charge on any atom is -0.507 e. The second-order valence-electron chi connectivity index (χ2n) is 12.0. The maximum atomic E-state index is 11.0. The standard InChI is InChI=1S/C32H54O3/c1-22(2)13-10-14-24(5)15-11-16-25(6)17-12-19-32(9,35)20-18-28-29(21-23(3)4)31(34)27(8)26(7)30(28)33/h18,20,22,24-25,33-35H,3,10-17,19,21H2,1-2,4-9H3/t24-,25-,32-/m1/s1. The minimum absolute atomic E-state index is 0.163. The molecule has 3 nitrogen and oxygen atoms in total. The summed E-state index contributed by atoms with van der Waals surface area (Å²) in [6.45, 7) is 20.6. The van der Waals surface area contributed by atoms with Crippen LogP contribution in [0.15, 0.2) is 18.2 Å². The van der Waals surface area contributed by atoms with Crippen molar-refractivity contribution in [3.63, 3.8) is 0 Å². The van der Waals surface area contributed by atoms with Gasteiger partial charge in [0.25, 0.3) is 0 Å². The Balaban J connectivity index is 2.61. The molecule has 3 heteroatoms. The maximum Gasteiger partial charge on any atom is 0.126 e. The zero-order chi connectivity index (χ0) is 26.8. The van der Waals surface area contributed by atoms with Crippen LogP contribution in [0.3, 0.4) is 0 Å². The van der Waals surface area contributed by atoms with E-state index < -0.39 is 5.60 Å². The molecular formula is C32H54O3. The van der Waals surface area contributed by atoms with Crippen molar-refractivity contribution in [3.8, 4) is 11.5 Å². The van der Waals surface area contributed by atoms with E-state index in [1.165, 1.54) is 38.5 Å². The molecule has 1 aromatic rings. The average molecular weight is 487 g/mol. The molecule has 0 heterocycles. The molecule has 35 heavy (non-hydrogen) atoms. The smallest absolute Gasteiger partial charge is 0.126 e. The lowest BCUT2D eigenvalue weighted by Gasteiger charge is -2.22. The van der Waals surface area contributed by atoms with E-state index in [0.29, 0.717) is 41.0 Å². The van der Waals surface area contributed by atoms with Crippen LogP contribution in [0, 0.1) is 31.6 Å². The van der Waals surface area contributed by atoms with E-state index in [2.05, 4.69) is 34.3 Å². The fourth-order valence-electron chi connectivity index (χ4n) is 4.85. The van der Waals surface area contributed by atoms with Crippen molar-refractivity contribution in [1.82, 2.24) is 0 Å². The first-order chi connectivity index (χ1) is 16.2.